The van der Waals surface area contributed by atoms with Crippen LogP contribution in [-0.4, -0.2) is 32.8 Å². The maximum Gasteiger partial charge on any atom is 0.406 e. The van der Waals surface area contributed by atoms with Gasteiger partial charge in [0.05, 0.1) is 6.61 Å². The zero-order chi connectivity index (χ0) is 8.53. The van der Waals surface area contributed by atoms with Crippen molar-refractivity contribution in [2.24, 2.45) is 0 Å². The van der Waals surface area contributed by atoms with Crippen molar-refractivity contribution in [2.45, 2.75) is 13.3 Å². The highest BCUT2D eigenvalue weighted by Crippen LogP contribution is 1.81. The first-order valence-electron chi connectivity index (χ1n) is 3.86. The Bertz CT molecular complexity index is 107. The maximum atomic E-state index is 10.5. The number of carbonyl (C=O) groups excluding carboxylic acids is 1. The predicted molar refractivity (Wildman–Crippen MR) is 43.6 cm³/mol. The number of nitrogens with one attached hydrogen (secondary N) is 2. The van der Waals surface area contributed by atoms with E-state index in [0.29, 0.717) is 6.61 Å². The molecule has 0 aliphatic rings. The van der Waals surface area contributed by atoms with Crippen molar-refractivity contribution < 1.29 is 9.53 Å². The summed E-state index contributed by atoms with van der Waals surface area (Å²) in [7, 11) is 1.55. The van der Waals surface area contributed by atoms with Crippen molar-refractivity contribution in [3.05, 3.63) is 0 Å². The van der Waals surface area contributed by atoms with E-state index >= 15 is 0 Å². The molecule has 4 heteroatoms. The van der Waals surface area contributed by atoms with Gasteiger partial charge in [-0.15, -0.1) is 0 Å². The summed E-state index contributed by atoms with van der Waals surface area (Å²) >= 11 is 0. The van der Waals surface area contributed by atoms with Gasteiger partial charge in [0.25, 0.3) is 0 Å². The number of ether oxygens (including phenoxy) is 1. The van der Waals surface area contributed by atoms with Crippen molar-refractivity contribution in [3.63, 3.8) is 0 Å². The van der Waals surface area contributed by atoms with Gasteiger partial charge in [-0.1, -0.05) is 6.92 Å². The van der Waals surface area contributed by atoms with Crippen LogP contribution < -0.4 is 10.6 Å². The van der Waals surface area contributed by atoms with E-state index in [1.165, 1.54) is 0 Å². The molecule has 4 nitrogen and oxygen atoms in total. The minimum atomic E-state index is -0.360. The molecule has 0 saturated heterocycles. The predicted octanol–water partition coefficient (Wildman–Crippen LogP) is 0.342. The largest absolute Gasteiger partial charge is 0.450 e. The Morgan fingerprint density at radius 3 is 2.82 bits per heavy atom. The molecule has 0 unspecified atom stereocenters. The average Bonchev–Trinajstić information content (AvgIpc) is 2.04. The Morgan fingerprint density at radius 2 is 2.27 bits per heavy atom. The van der Waals surface area contributed by atoms with Crippen LogP contribution in [0.25, 0.3) is 0 Å². The SMILES string of the molecule is CCNCCCOC(=O)NC. The fraction of sp³-hybridized carbons (Fsp3) is 0.857. The summed E-state index contributed by atoms with van der Waals surface area (Å²) in [5, 5.41) is 5.50. The van der Waals surface area contributed by atoms with Crippen LogP contribution >= 0.6 is 0 Å². The minimum absolute atomic E-state index is 0.360. The quantitative estimate of drug-likeness (QED) is 0.570. The summed E-state index contributed by atoms with van der Waals surface area (Å²) in [6.45, 7) is 4.37. The van der Waals surface area contributed by atoms with E-state index in [4.69, 9.17) is 4.74 Å². The normalized spacial score (nSPS) is 9.27. The highest BCUT2D eigenvalue weighted by Gasteiger charge is 1.94. The van der Waals surface area contributed by atoms with Crippen LogP contribution in [-0.2, 0) is 4.74 Å². The highest BCUT2D eigenvalue weighted by atomic mass is 16.5. The average molecular weight is 160 g/mol. The lowest BCUT2D eigenvalue weighted by atomic mass is 10.4. The summed E-state index contributed by atoms with van der Waals surface area (Å²) in [5.74, 6) is 0. The van der Waals surface area contributed by atoms with Gasteiger partial charge in [-0.25, -0.2) is 4.79 Å². The summed E-state index contributed by atoms with van der Waals surface area (Å²) in [4.78, 5) is 10.5. The standard InChI is InChI=1S/C7H16N2O2/c1-3-9-5-4-6-11-7(10)8-2/h9H,3-6H2,1-2H3,(H,8,10). The molecule has 66 valence electrons. The fourth-order valence-corrected chi connectivity index (χ4v) is 0.611. The van der Waals surface area contributed by atoms with Crippen LogP contribution in [0.2, 0.25) is 0 Å². The summed E-state index contributed by atoms with van der Waals surface area (Å²) in [6, 6.07) is 0. The topological polar surface area (TPSA) is 50.4 Å². The first-order valence-corrected chi connectivity index (χ1v) is 3.86. The van der Waals surface area contributed by atoms with Gasteiger partial charge < -0.3 is 15.4 Å². The third-order valence-corrected chi connectivity index (χ3v) is 1.19. The molecule has 0 spiro atoms. The van der Waals surface area contributed by atoms with E-state index < -0.39 is 0 Å². The molecule has 0 atom stereocenters. The molecular formula is C7H16N2O2. The van der Waals surface area contributed by atoms with Crippen molar-refractivity contribution >= 4 is 6.09 Å². The third-order valence-electron chi connectivity index (χ3n) is 1.19. The number of hydrogen-bond acceptors (Lipinski definition) is 3. The Kier molecular flexibility index (Phi) is 6.82. The van der Waals surface area contributed by atoms with Crippen molar-refractivity contribution in [2.75, 3.05) is 26.7 Å². The van der Waals surface area contributed by atoms with Gasteiger partial charge in [0.15, 0.2) is 0 Å². The molecule has 11 heavy (non-hydrogen) atoms. The number of rotatable bonds is 5. The number of amides is 1. The molecule has 0 saturated carbocycles. The van der Waals surface area contributed by atoms with E-state index in [2.05, 4.69) is 10.6 Å². The van der Waals surface area contributed by atoms with E-state index in [-0.39, 0.29) is 6.09 Å². The monoisotopic (exact) mass is 160 g/mol. The summed E-state index contributed by atoms with van der Waals surface area (Å²) in [5.41, 5.74) is 0. The number of hydrogen-bond donors (Lipinski definition) is 2. The van der Waals surface area contributed by atoms with Crippen LogP contribution in [0.5, 0.6) is 0 Å². The molecule has 0 fully saturated rings. The van der Waals surface area contributed by atoms with Gasteiger partial charge in [0.1, 0.15) is 0 Å². The second-order valence-corrected chi connectivity index (χ2v) is 2.09. The van der Waals surface area contributed by atoms with Gasteiger partial charge in [0, 0.05) is 7.05 Å². The molecular weight excluding hydrogens is 144 g/mol. The lowest BCUT2D eigenvalue weighted by molar-refractivity contribution is 0.147. The molecule has 0 rings (SSSR count). The third kappa shape index (κ3) is 7.12. The second kappa shape index (κ2) is 7.34. The van der Waals surface area contributed by atoms with Crippen LogP contribution in [0, 0.1) is 0 Å². The second-order valence-electron chi connectivity index (χ2n) is 2.09. The minimum Gasteiger partial charge on any atom is -0.450 e. The summed E-state index contributed by atoms with van der Waals surface area (Å²) in [6.07, 6.45) is 0.503. The molecule has 0 heterocycles. The smallest absolute Gasteiger partial charge is 0.406 e. The van der Waals surface area contributed by atoms with E-state index in [1.54, 1.807) is 7.05 Å². The zero-order valence-corrected chi connectivity index (χ0v) is 7.14. The molecule has 1 amide bonds. The maximum absolute atomic E-state index is 10.5. The molecule has 0 aromatic heterocycles. The highest BCUT2D eigenvalue weighted by molar-refractivity contribution is 5.66. The molecule has 0 aliphatic heterocycles. The molecule has 2 N–H and O–H groups in total. The van der Waals surface area contributed by atoms with Crippen molar-refractivity contribution in [1.29, 1.82) is 0 Å². The first-order chi connectivity index (χ1) is 5.31. The van der Waals surface area contributed by atoms with Crippen LogP contribution in [0.1, 0.15) is 13.3 Å². The molecule has 0 aromatic rings. The molecule has 0 radical (unpaired) electrons. The first kappa shape index (κ1) is 10.2. The van der Waals surface area contributed by atoms with Gasteiger partial charge >= 0.3 is 6.09 Å². The molecule has 0 aliphatic carbocycles. The zero-order valence-electron chi connectivity index (χ0n) is 7.14. The van der Waals surface area contributed by atoms with Gasteiger partial charge in [-0.2, -0.15) is 0 Å². The Morgan fingerprint density at radius 1 is 1.55 bits per heavy atom. The fourth-order valence-electron chi connectivity index (χ4n) is 0.611. The molecule has 0 bridgehead atoms. The van der Waals surface area contributed by atoms with E-state index in [0.717, 1.165) is 19.5 Å². The van der Waals surface area contributed by atoms with Gasteiger partial charge in [0.2, 0.25) is 0 Å². The molecule has 0 aromatic carbocycles. The lowest BCUT2D eigenvalue weighted by Gasteiger charge is -2.03. The van der Waals surface area contributed by atoms with Gasteiger partial charge in [-0.3, -0.25) is 0 Å². The summed E-state index contributed by atoms with van der Waals surface area (Å²) < 4.78 is 4.75. The van der Waals surface area contributed by atoms with Crippen LogP contribution in [0.4, 0.5) is 4.79 Å². The number of carbonyl (C=O) groups is 1. The Hall–Kier alpha value is -0.770. The van der Waals surface area contributed by atoms with E-state index in [1.807, 2.05) is 6.92 Å². The van der Waals surface area contributed by atoms with Crippen molar-refractivity contribution in [1.82, 2.24) is 10.6 Å². The Labute approximate surface area is 67.3 Å². The van der Waals surface area contributed by atoms with Crippen LogP contribution in [0.3, 0.4) is 0 Å². The number of alkyl carbamates (subject to hydrolysis) is 1. The van der Waals surface area contributed by atoms with Gasteiger partial charge in [-0.05, 0) is 19.5 Å². The Balaban J connectivity index is 2.95. The van der Waals surface area contributed by atoms with E-state index in [9.17, 15) is 4.79 Å². The van der Waals surface area contributed by atoms with Crippen molar-refractivity contribution in [3.8, 4) is 0 Å². The lowest BCUT2D eigenvalue weighted by Crippen LogP contribution is -2.22. The van der Waals surface area contributed by atoms with Crippen LogP contribution in [0.15, 0.2) is 0 Å².